The fraction of sp³-hybridized carbons (Fsp3) is 0.571. The molecule has 3 N–H and O–H groups in total. The van der Waals surface area contributed by atoms with Crippen molar-refractivity contribution in [3.05, 3.63) is 18.2 Å². The third-order valence-electron chi connectivity index (χ3n) is 2.82. The van der Waals surface area contributed by atoms with Crippen molar-refractivity contribution in [3.8, 4) is 5.75 Å². The van der Waals surface area contributed by atoms with Crippen LogP contribution in [0.3, 0.4) is 0 Å². The van der Waals surface area contributed by atoms with E-state index in [1.165, 1.54) is 25.7 Å². The molecule has 96 valence electrons. The molecule has 0 aliphatic carbocycles. The number of nitrogen functional groups attached to an aromatic ring is 1. The van der Waals surface area contributed by atoms with Gasteiger partial charge in [-0.1, -0.05) is 26.2 Å². The van der Waals surface area contributed by atoms with E-state index in [2.05, 4.69) is 19.2 Å². The minimum absolute atomic E-state index is 0.466. The number of methoxy groups -OCH3 is 1. The lowest BCUT2D eigenvalue weighted by atomic mass is 10.1. The molecule has 0 spiro atoms. The van der Waals surface area contributed by atoms with Gasteiger partial charge in [-0.05, 0) is 19.4 Å². The van der Waals surface area contributed by atoms with Crippen LogP contribution in [0.2, 0.25) is 0 Å². The molecule has 1 unspecified atom stereocenters. The molecule has 0 saturated heterocycles. The molecule has 3 heteroatoms. The number of benzene rings is 1. The molecule has 0 fully saturated rings. The minimum Gasteiger partial charge on any atom is -0.497 e. The molecule has 0 heterocycles. The highest BCUT2D eigenvalue weighted by molar-refractivity contribution is 5.59. The van der Waals surface area contributed by atoms with Gasteiger partial charge in [-0.25, -0.2) is 0 Å². The Balaban J connectivity index is 2.52. The van der Waals surface area contributed by atoms with Gasteiger partial charge in [0.15, 0.2) is 0 Å². The van der Waals surface area contributed by atoms with Gasteiger partial charge >= 0.3 is 0 Å². The first kappa shape index (κ1) is 13.7. The standard InChI is InChI=1S/C14H24N2O/c1-4-5-6-7-11(2)16-13-8-12(15)9-14(10-13)17-3/h8-11,16H,4-7,15H2,1-3H3. The first-order valence-corrected chi connectivity index (χ1v) is 6.36. The molecule has 0 amide bonds. The number of nitrogens with one attached hydrogen (secondary N) is 1. The van der Waals surface area contributed by atoms with Gasteiger partial charge < -0.3 is 15.8 Å². The van der Waals surface area contributed by atoms with Crippen LogP contribution in [0, 0.1) is 0 Å². The van der Waals surface area contributed by atoms with E-state index in [1.807, 2.05) is 18.2 Å². The van der Waals surface area contributed by atoms with Crippen LogP contribution < -0.4 is 15.8 Å². The van der Waals surface area contributed by atoms with E-state index in [0.717, 1.165) is 17.1 Å². The summed E-state index contributed by atoms with van der Waals surface area (Å²) in [6, 6.07) is 6.21. The third kappa shape index (κ3) is 4.98. The largest absolute Gasteiger partial charge is 0.497 e. The van der Waals surface area contributed by atoms with Crippen molar-refractivity contribution in [1.82, 2.24) is 0 Å². The fourth-order valence-electron chi connectivity index (χ4n) is 1.88. The number of unbranched alkanes of at least 4 members (excludes halogenated alkanes) is 2. The fourth-order valence-corrected chi connectivity index (χ4v) is 1.88. The van der Waals surface area contributed by atoms with E-state index in [9.17, 15) is 0 Å². The van der Waals surface area contributed by atoms with E-state index in [-0.39, 0.29) is 0 Å². The van der Waals surface area contributed by atoms with E-state index in [4.69, 9.17) is 10.5 Å². The molecule has 0 aliphatic rings. The quantitative estimate of drug-likeness (QED) is 0.561. The predicted octanol–water partition coefficient (Wildman–Crippen LogP) is 3.66. The molecule has 1 rings (SSSR count). The average molecular weight is 236 g/mol. The first-order valence-electron chi connectivity index (χ1n) is 6.36. The minimum atomic E-state index is 0.466. The highest BCUT2D eigenvalue weighted by atomic mass is 16.5. The first-order chi connectivity index (χ1) is 8.15. The summed E-state index contributed by atoms with van der Waals surface area (Å²) in [7, 11) is 1.66. The van der Waals surface area contributed by atoms with Crippen LogP contribution in [0.4, 0.5) is 11.4 Å². The van der Waals surface area contributed by atoms with Crippen molar-refractivity contribution in [1.29, 1.82) is 0 Å². The second-order valence-electron chi connectivity index (χ2n) is 4.54. The maximum absolute atomic E-state index is 5.81. The third-order valence-corrected chi connectivity index (χ3v) is 2.82. The molecule has 1 atom stereocenters. The Morgan fingerprint density at radius 2 is 2.06 bits per heavy atom. The summed E-state index contributed by atoms with van der Waals surface area (Å²) in [5, 5.41) is 3.46. The van der Waals surface area contributed by atoms with E-state index in [1.54, 1.807) is 7.11 Å². The maximum Gasteiger partial charge on any atom is 0.122 e. The van der Waals surface area contributed by atoms with Crippen LogP contribution in [0.15, 0.2) is 18.2 Å². The molecule has 1 aromatic carbocycles. The highest BCUT2D eigenvalue weighted by Gasteiger charge is 2.04. The normalized spacial score (nSPS) is 12.2. The summed E-state index contributed by atoms with van der Waals surface area (Å²) in [5.74, 6) is 0.799. The van der Waals surface area contributed by atoms with Crippen molar-refractivity contribution < 1.29 is 4.74 Å². The monoisotopic (exact) mass is 236 g/mol. The van der Waals surface area contributed by atoms with Gasteiger partial charge in [0.05, 0.1) is 7.11 Å². The van der Waals surface area contributed by atoms with E-state index in [0.29, 0.717) is 6.04 Å². The van der Waals surface area contributed by atoms with Crippen LogP contribution >= 0.6 is 0 Å². The number of nitrogens with two attached hydrogens (primary N) is 1. The van der Waals surface area contributed by atoms with Crippen LogP contribution in [-0.2, 0) is 0 Å². The Bertz CT molecular complexity index is 339. The number of rotatable bonds is 7. The molecule has 3 nitrogen and oxygen atoms in total. The molecule has 0 bridgehead atoms. The van der Waals surface area contributed by atoms with E-state index < -0.39 is 0 Å². The summed E-state index contributed by atoms with van der Waals surface area (Å²) in [5.41, 5.74) is 7.57. The molecule has 0 radical (unpaired) electrons. The number of ether oxygens (including phenoxy) is 1. The van der Waals surface area contributed by atoms with Gasteiger partial charge in [0, 0.05) is 29.5 Å². The van der Waals surface area contributed by atoms with Crippen molar-refractivity contribution in [3.63, 3.8) is 0 Å². The number of hydrogen-bond acceptors (Lipinski definition) is 3. The number of hydrogen-bond donors (Lipinski definition) is 2. The number of anilines is 2. The van der Waals surface area contributed by atoms with Crippen LogP contribution in [0.1, 0.15) is 39.5 Å². The van der Waals surface area contributed by atoms with Crippen molar-refractivity contribution >= 4 is 11.4 Å². The second kappa shape index (κ2) is 7.05. The molecule has 0 aromatic heterocycles. The maximum atomic E-state index is 5.81. The summed E-state index contributed by atoms with van der Waals surface area (Å²) in [4.78, 5) is 0. The molecule has 1 aromatic rings. The summed E-state index contributed by atoms with van der Waals surface area (Å²) < 4.78 is 5.20. The summed E-state index contributed by atoms with van der Waals surface area (Å²) in [6.07, 6.45) is 5.01. The topological polar surface area (TPSA) is 47.3 Å². The van der Waals surface area contributed by atoms with Gasteiger partial charge in [0.1, 0.15) is 5.75 Å². The Labute approximate surface area is 104 Å². The van der Waals surface area contributed by atoms with Gasteiger partial charge in [-0.15, -0.1) is 0 Å². The van der Waals surface area contributed by atoms with Crippen molar-refractivity contribution in [2.75, 3.05) is 18.2 Å². The molecular formula is C14H24N2O. The SMILES string of the molecule is CCCCCC(C)Nc1cc(N)cc(OC)c1. The van der Waals surface area contributed by atoms with Gasteiger partial charge in [-0.3, -0.25) is 0 Å². The smallest absolute Gasteiger partial charge is 0.122 e. The molecule has 0 saturated carbocycles. The van der Waals surface area contributed by atoms with Crippen LogP contribution in [0.5, 0.6) is 5.75 Å². The van der Waals surface area contributed by atoms with E-state index >= 15 is 0 Å². The summed E-state index contributed by atoms with van der Waals surface area (Å²) >= 11 is 0. The van der Waals surface area contributed by atoms with Crippen molar-refractivity contribution in [2.45, 2.75) is 45.6 Å². The van der Waals surface area contributed by atoms with Gasteiger partial charge in [0.2, 0.25) is 0 Å². The lowest BCUT2D eigenvalue weighted by molar-refractivity contribution is 0.415. The average Bonchev–Trinajstić information content (AvgIpc) is 2.28. The zero-order valence-corrected chi connectivity index (χ0v) is 11.1. The summed E-state index contributed by atoms with van der Waals surface area (Å²) in [6.45, 7) is 4.42. The second-order valence-corrected chi connectivity index (χ2v) is 4.54. The van der Waals surface area contributed by atoms with Crippen molar-refractivity contribution in [2.24, 2.45) is 0 Å². The molecule has 17 heavy (non-hydrogen) atoms. The van der Waals surface area contributed by atoms with Gasteiger partial charge in [-0.2, -0.15) is 0 Å². The Morgan fingerprint density at radius 1 is 1.29 bits per heavy atom. The Hall–Kier alpha value is -1.38. The lowest BCUT2D eigenvalue weighted by Crippen LogP contribution is -2.15. The Morgan fingerprint density at radius 3 is 2.71 bits per heavy atom. The zero-order chi connectivity index (χ0) is 12.7. The molecule has 0 aliphatic heterocycles. The predicted molar refractivity (Wildman–Crippen MR) is 74.6 cm³/mol. The van der Waals surface area contributed by atoms with Gasteiger partial charge in [0.25, 0.3) is 0 Å². The zero-order valence-electron chi connectivity index (χ0n) is 11.1. The highest BCUT2D eigenvalue weighted by Crippen LogP contribution is 2.23. The Kier molecular flexibility index (Phi) is 5.67. The van der Waals surface area contributed by atoms with Crippen LogP contribution in [-0.4, -0.2) is 13.2 Å². The molecular weight excluding hydrogens is 212 g/mol. The van der Waals surface area contributed by atoms with Crippen LogP contribution in [0.25, 0.3) is 0 Å². The lowest BCUT2D eigenvalue weighted by Gasteiger charge is -2.16.